The van der Waals surface area contributed by atoms with Crippen LogP contribution in [0.5, 0.6) is 0 Å². The molecule has 0 saturated carbocycles. The third-order valence-corrected chi connectivity index (χ3v) is 1.99. The van der Waals surface area contributed by atoms with Gasteiger partial charge in [0.25, 0.3) is 0 Å². The molecule has 0 fully saturated rings. The highest BCUT2D eigenvalue weighted by atomic mass is 16.4. The fraction of sp³-hybridized carbons (Fsp3) is 0.250. The summed E-state index contributed by atoms with van der Waals surface area (Å²) >= 11 is 0. The van der Waals surface area contributed by atoms with E-state index >= 15 is 0 Å². The van der Waals surface area contributed by atoms with Gasteiger partial charge in [0.05, 0.1) is 6.42 Å². The van der Waals surface area contributed by atoms with Crippen LogP contribution in [0.2, 0.25) is 0 Å². The maximum absolute atomic E-state index is 10.3. The molecule has 3 N–H and O–H groups in total. The lowest BCUT2D eigenvalue weighted by atomic mass is 10.1. The van der Waals surface area contributed by atoms with Crippen LogP contribution < -0.4 is 5.73 Å². The molecule has 3 heteroatoms. The molecule has 0 spiro atoms. The minimum atomic E-state index is -0.851. The molecule has 0 aliphatic rings. The summed E-state index contributed by atoms with van der Waals surface area (Å²) < 4.78 is 0. The van der Waals surface area contributed by atoms with Crippen molar-refractivity contribution in [1.29, 1.82) is 0 Å². The molecular weight excluding hydrogens is 190 g/mol. The number of benzene rings is 1. The number of aliphatic carboxylic acids is 1. The van der Waals surface area contributed by atoms with E-state index in [1.54, 1.807) is 0 Å². The van der Waals surface area contributed by atoms with E-state index in [0.717, 1.165) is 5.56 Å². The van der Waals surface area contributed by atoms with Crippen LogP contribution in [0.1, 0.15) is 18.4 Å². The van der Waals surface area contributed by atoms with Gasteiger partial charge in [0.2, 0.25) is 0 Å². The van der Waals surface area contributed by atoms with Gasteiger partial charge in [-0.25, -0.2) is 0 Å². The molecule has 0 aromatic heterocycles. The first kappa shape index (κ1) is 11.5. The Balaban J connectivity index is 2.37. The van der Waals surface area contributed by atoms with Crippen molar-refractivity contribution >= 4 is 12.0 Å². The van der Waals surface area contributed by atoms with Gasteiger partial charge in [-0.05, 0) is 12.0 Å². The highest BCUT2D eigenvalue weighted by Crippen LogP contribution is 2.03. The number of rotatable bonds is 5. The quantitative estimate of drug-likeness (QED) is 0.771. The summed E-state index contributed by atoms with van der Waals surface area (Å²) in [5.41, 5.74) is 6.70. The molecule has 0 amide bonds. The number of nitrogens with two attached hydrogens (primary N) is 1. The molecule has 15 heavy (non-hydrogen) atoms. The van der Waals surface area contributed by atoms with Gasteiger partial charge in [-0.3, -0.25) is 4.79 Å². The second-order valence-corrected chi connectivity index (χ2v) is 3.41. The summed E-state index contributed by atoms with van der Waals surface area (Å²) in [6.45, 7) is 0. The third-order valence-electron chi connectivity index (χ3n) is 1.99. The number of carboxylic acids is 1. The van der Waals surface area contributed by atoms with Crippen LogP contribution in [-0.2, 0) is 4.79 Å². The van der Waals surface area contributed by atoms with Gasteiger partial charge in [0.15, 0.2) is 0 Å². The van der Waals surface area contributed by atoms with Crippen molar-refractivity contribution in [2.75, 3.05) is 0 Å². The highest BCUT2D eigenvalue weighted by Gasteiger charge is 2.04. The average Bonchev–Trinajstić information content (AvgIpc) is 2.18. The van der Waals surface area contributed by atoms with Crippen molar-refractivity contribution < 1.29 is 9.90 Å². The Morgan fingerprint density at radius 1 is 1.40 bits per heavy atom. The zero-order valence-electron chi connectivity index (χ0n) is 8.47. The topological polar surface area (TPSA) is 63.3 Å². The van der Waals surface area contributed by atoms with Crippen LogP contribution in [0.25, 0.3) is 6.08 Å². The van der Waals surface area contributed by atoms with Crippen LogP contribution in [0.3, 0.4) is 0 Å². The summed E-state index contributed by atoms with van der Waals surface area (Å²) in [5, 5.41) is 8.50. The molecule has 0 aliphatic heterocycles. The molecule has 1 rings (SSSR count). The van der Waals surface area contributed by atoms with Crippen LogP contribution in [-0.4, -0.2) is 17.1 Å². The first-order chi connectivity index (χ1) is 7.18. The van der Waals surface area contributed by atoms with Crippen molar-refractivity contribution in [3.8, 4) is 0 Å². The van der Waals surface area contributed by atoms with E-state index < -0.39 is 5.97 Å². The van der Waals surface area contributed by atoms with Crippen LogP contribution >= 0.6 is 0 Å². The van der Waals surface area contributed by atoms with Crippen molar-refractivity contribution in [2.24, 2.45) is 5.73 Å². The lowest BCUT2D eigenvalue weighted by Crippen LogP contribution is -2.22. The van der Waals surface area contributed by atoms with Crippen molar-refractivity contribution in [3.05, 3.63) is 42.0 Å². The van der Waals surface area contributed by atoms with Gasteiger partial charge in [-0.1, -0.05) is 42.5 Å². The standard InChI is InChI=1S/C12H15NO2/c13-11(9-12(14)15)8-4-7-10-5-2-1-3-6-10/h1-7,11H,8-9,13H2,(H,14,15)/t11-/m1/s1. The van der Waals surface area contributed by atoms with Gasteiger partial charge >= 0.3 is 5.97 Å². The van der Waals surface area contributed by atoms with Crippen LogP contribution in [0, 0.1) is 0 Å². The Hall–Kier alpha value is -1.61. The zero-order valence-corrected chi connectivity index (χ0v) is 8.47. The average molecular weight is 205 g/mol. The molecule has 0 unspecified atom stereocenters. The Morgan fingerprint density at radius 3 is 2.67 bits per heavy atom. The largest absolute Gasteiger partial charge is 0.481 e. The van der Waals surface area contributed by atoms with Gasteiger partial charge in [-0.2, -0.15) is 0 Å². The molecule has 0 saturated heterocycles. The lowest BCUT2D eigenvalue weighted by Gasteiger charge is -2.03. The molecule has 1 aromatic carbocycles. The molecule has 80 valence electrons. The van der Waals surface area contributed by atoms with Crippen LogP contribution in [0.4, 0.5) is 0 Å². The Labute approximate surface area is 89.2 Å². The predicted octanol–water partition coefficient (Wildman–Crippen LogP) is 1.89. The van der Waals surface area contributed by atoms with E-state index in [9.17, 15) is 4.79 Å². The number of hydrogen-bond acceptors (Lipinski definition) is 2. The van der Waals surface area contributed by atoms with Gasteiger partial charge < -0.3 is 10.8 Å². The van der Waals surface area contributed by atoms with E-state index in [2.05, 4.69) is 0 Å². The second-order valence-electron chi connectivity index (χ2n) is 3.41. The summed E-state index contributed by atoms with van der Waals surface area (Å²) in [6, 6.07) is 9.53. The number of carbonyl (C=O) groups is 1. The highest BCUT2D eigenvalue weighted by molar-refractivity contribution is 5.67. The molecule has 3 nitrogen and oxygen atoms in total. The predicted molar refractivity (Wildman–Crippen MR) is 60.3 cm³/mol. The van der Waals surface area contributed by atoms with Crippen LogP contribution in [0.15, 0.2) is 36.4 Å². The molecule has 0 radical (unpaired) electrons. The fourth-order valence-electron chi connectivity index (χ4n) is 1.25. The van der Waals surface area contributed by atoms with Crippen molar-refractivity contribution in [3.63, 3.8) is 0 Å². The summed E-state index contributed by atoms with van der Waals surface area (Å²) in [4.78, 5) is 10.3. The Bertz CT molecular complexity index is 333. The first-order valence-corrected chi connectivity index (χ1v) is 4.87. The van der Waals surface area contributed by atoms with Crippen molar-refractivity contribution in [2.45, 2.75) is 18.9 Å². The van der Waals surface area contributed by atoms with E-state index in [1.807, 2.05) is 42.5 Å². The summed E-state index contributed by atoms with van der Waals surface area (Å²) in [5.74, 6) is -0.851. The van der Waals surface area contributed by atoms with E-state index in [4.69, 9.17) is 10.8 Å². The van der Waals surface area contributed by atoms with E-state index in [-0.39, 0.29) is 12.5 Å². The lowest BCUT2D eigenvalue weighted by molar-refractivity contribution is -0.137. The Morgan fingerprint density at radius 2 is 2.07 bits per heavy atom. The van der Waals surface area contributed by atoms with Gasteiger partial charge in [0.1, 0.15) is 0 Å². The maximum atomic E-state index is 10.3. The van der Waals surface area contributed by atoms with Gasteiger partial charge in [-0.15, -0.1) is 0 Å². The van der Waals surface area contributed by atoms with E-state index in [1.165, 1.54) is 0 Å². The SMILES string of the molecule is N[C@H](CC=Cc1ccccc1)CC(=O)O. The molecule has 1 atom stereocenters. The molecule has 0 aliphatic carbocycles. The molecule has 0 bridgehead atoms. The molecule has 1 aromatic rings. The second kappa shape index (κ2) is 5.98. The summed E-state index contributed by atoms with van der Waals surface area (Å²) in [6.07, 6.45) is 4.45. The smallest absolute Gasteiger partial charge is 0.304 e. The maximum Gasteiger partial charge on any atom is 0.304 e. The molecular formula is C12H15NO2. The fourth-order valence-corrected chi connectivity index (χ4v) is 1.25. The monoisotopic (exact) mass is 205 g/mol. The van der Waals surface area contributed by atoms with Crippen molar-refractivity contribution in [1.82, 2.24) is 0 Å². The normalized spacial score (nSPS) is 12.9. The third kappa shape index (κ3) is 4.98. The van der Waals surface area contributed by atoms with E-state index in [0.29, 0.717) is 6.42 Å². The minimum Gasteiger partial charge on any atom is -0.481 e. The first-order valence-electron chi connectivity index (χ1n) is 4.87. The number of carboxylic acid groups (broad SMARTS) is 1. The molecule has 0 heterocycles. The zero-order chi connectivity index (χ0) is 11.1. The minimum absolute atomic E-state index is 0.0130. The Kier molecular flexibility index (Phi) is 4.57. The van der Waals surface area contributed by atoms with Gasteiger partial charge in [0, 0.05) is 6.04 Å². The number of hydrogen-bond donors (Lipinski definition) is 2. The summed E-state index contributed by atoms with van der Waals surface area (Å²) in [7, 11) is 0.